The highest BCUT2D eigenvalue weighted by Crippen LogP contribution is 2.42. The van der Waals surface area contributed by atoms with Gasteiger partial charge >= 0.3 is 0 Å². The molecule has 2 unspecified atom stereocenters. The van der Waals surface area contributed by atoms with Gasteiger partial charge in [0.25, 0.3) is 0 Å². The van der Waals surface area contributed by atoms with Crippen molar-refractivity contribution in [1.29, 1.82) is 0 Å². The lowest BCUT2D eigenvalue weighted by atomic mass is 10.0. The molecule has 1 aliphatic rings. The van der Waals surface area contributed by atoms with Crippen LogP contribution in [0.15, 0.2) is 6.20 Å². The highest BCUT2D eigenvalue weighted by molar-refractivity contribution is 5.30. The van der Waals surface area contributed by atoms with E-state index >= 15 is 0 Å². The average Bonchev–Trinajstić information content (AvgIpc) is 3.18. The van der Waals surface area contributed by atoms with E-state index in [9.17, 15) is 0 Å². The molecule has 0 aliphatic heterocycles. The van der Waals surface area contributed by atoms with Crippen LogP contribution >= 0.6 is 0 Å². The summed E-state index contributed by atoms with van der Waals surface area (Å²) in [5.74, 6) is 1.48. The van der Waals surface area contributed by atoms with Crippen molar-refractivity contribution in [3.05, 3.63) is 11.9 Å². The van der Waals surface area contributed by atoms with Crippen LogP contribution in [0.5, 0.6) is 5.75 Å². The molecule has 1 N–H and O–H groups in total. The first-order valence-electron chi connectivity index (χ1n) is 7.54. The number of ether oxygens (including phenoxy) is 2. The summed E-state index contributed by atoms with van der Waals surface area (Å²) in [5.41, 5.74) is 1.09. The zero-order valence-electron chi connectivity index (χ0n) is 13.2. The van der Waals surface area contributed by atoms with Crippen molar-refractivity contribution in [1.82, 2.24) is 15.1 Å². The SMILES string of the molecule is CCOC(C1CC1)C(NC)c1c(OC)cnn1C(C)C. The molecule has 114 valence electrons. The number of methoxy groups -OCH3 is 1. The van der Waals surface area contributed by atoms with E-state index in [0.29, 0.717) is 12.0 Å². The van der Waals surface area contributed by atoms with Gasteiger partial charge in [-0.1, -0.05) is 0 Å². The fraction of sp³-hybridized carbons (Fsp3) is 0.800. The van der Waals surface area contributed by atoms with E-state index in [1.807, 2.05) is 11.7 Å². The number of nitrogens with one attached hydrogen (secondary N) is 1. The molecule has 0 amide bonds. The monoisotopic (exact) mass is 281 g/mol. The number of rotatable bonds is 8. The molecule has 0 bridgehead atoms. The molecule has 5 nitrogen and oxygen atoms in total. The van der Waals surface area contributed by atoms with Gasteiger partial charge in [-0.05, 0) is 46.6 Å². The van der Waals surface area contributed by atoms with E-state index in [1.165, 1.54) is 12.8 Å². The van der Waals surface area contributed by atoms with Gasteiger partial charge < -0.3 is 14.8 Å². The predicted molar refractivity (Wildman–Crippen MR) is 79.1 cm³/mol. The molecule has 0 saturated heterocycles. The highest BCUT2D eigenvalue weighted by atomic mass is 16.5. The van der Waals surface area contributed by atoms with Crippen LogP contribution in [-0.4, -0.2) is 36.6 Å². The first-order valence-corrected chi connectivity index (χ1v) is 7.54. The second kappa shape index (κ2) is 6.59. The van der Waals surface area contributed by atoms with Crippen molar-refractivity contribution in [3.63, 3.8) is 0 Å². The summed E-state index contributed by atoms with van der Waals surface area (Å²) < 4.78 is 13.6. The molecule has 20 heavy (non-hydrogen) atoms. The van der Waals surface area contributed by atoms with Crippen LogP contribution in [0.1, 0.15) is 51.4 Å². The van der Waals surface area contributed by atoms with Crippen molar-refractivity contribution in [2.75, 3.05) is 20.8 Å². The summed E-state index contributed by atoms with van der Waals surface area (Å²) in [6.07, 6.45) is 4.49. The number of hydrogen-bond acceptors (Lipinski definition) is 4. The predicted octanol–water partition coefficient (Wildman–Crippen LogP) is 2.55. The minimum Gasteiger partial charge on any atom is -0.493 e. The van der Waals surface area contributed by atoms with Crippen LogP contribution in [0.25, 0.3) is 0 Å². The van der Waals surface area contributed by atoms with Gasteiger partial charge in [-0.25, -0.2) is 0 Å². The summed E-state index contributed by atoms with van der Waals surface area (Å²) in [5, 5.41) is 7.89. The van der Waals surface area contributed by atoms with E-state index in [0.717, 1.165) is 18.1 Å². The Balaban J connectivity index is 2.36. The molecule has 0 spiro atoms. The summed E-state index contributed by atoms with van der Waals surface area (Å²) in [6, 6.07) is 0.411. The molecular weight excluding hydrogens is 254 g/mol. The number of hydrogen-bond donors (Lipinski definition) is 1. The normalized spacial score (nSPS) is 18.3. The third kappa shape index (κ3) is 2.99. The van der Waals surface area contributed by atoms with Crippen LogP contribution in [0.4, 0.5) is 0 Å². The third-order valence-electron chi connectivity index (χ3n) is 3.89. The zero-order chi connectivity index (χ0) is 14.7. The molecule has 2 atom stereocenters. The van der Waals surface area contributed by atoms with Gasteiger partial charge in [-0.3, -0.25) is 4.68 Å². The molecule has 0 aromatic carbocycles. The largest absolute Gasteiger partial charge is 0.493 e. The Morgan fingerprint density at radius 1 is 1.45 bits per heavy atom. The molecule has 0 radical (unpaired) electrons. The van der Waals surface area contributed by atoms with Crippen molar-refractivity contribution in [2.24, 2.45) is 5.92 Å². The van der Waals surface area contributed by atoms with E-state index in [1.54, 1.807) is 13.3 Å². The van der Waals surface area contributed by atoms with Crippen LogP contribution in [0.3, 0.4) is 0 Å². The molecular formula is C15H27N3O2. The van der Waals surface area contributed by atoms with Crippen molar-refractivity contribution in [3.8, 4) is 5.75 Å². The number of aromatic nitrogens is 2. The number of nitrogens with zero attached hydrogens (tertiary/aromatic N) is 2. The van der Waals surface area contributed by atoms with E-state index in [2.05, 4.69) is 31.2 Å². The Bertz CT molecular complexity index is 427. The van der Waals surface area contributed by atoms with Gasteiger partial charge in [-0.15, -0.1) is 0 Å². The zero-order valence-corrected chi connectivity index (χ0v) is 13.2. The quantitative estimate of drug-likeness (QED) is 0.795. The highest BCUT2D eigenvalue weighted by Gasteiger charge is 2.40. The maximum atomic E-state index is 6.02. The van der Waals surface area contributed by atoms with Gasteiger partial charge in [0.2, 0.25) is 0 Å². The first kappa shape index (κ1) is 15.3. The minimum atomic E-state index is 0.113. The molecule has 1 heterocycles. The molecule has 1 aromatic heterocycles. The Morgan fingerprint density at radius 3 is 2.60 bits per heavy atom. The summed E-state index contributed by atoms with van der Waals surface area (Å²) >= 11 is 0. The summed E-state index contributed by atoms with van der Waals surface area (Å²) in [4.78, 5) is 0. The van der Waals surface area contributed by atoms with Crippen molar-refractivity contribution >= 4 is 0 Å². The van der Waals surface area contributed by atoms with Crippen LogP contribution in [-0.2, 0) is 4.74 Å². The van der Waals surface area contributed by atoms with E-state index in [-0.39, 0.29) is 12.1 Å². The van der Waals surface area contributed by atoms with Gasteiger partial charge in [0.05, 0.1) is 25.5 Å². The van der Waals surface area contributed by atoms with Gasteiger partial charge in [-0.2, -0.15) is 5.10 Å². The van der Waals surface area contributed by atoms with E-state index < -0.39 is 0 Å². The topological polar surface area (TPSA) is 48.3 Å². The summed E-state index contributed by atoms with van der Waals surface area (Å²) in [6.45, 7) is 7.06. The Kier molecular flexibility index (Phi) is 5.05. The third-order valence-corrected chi connectivity index (χ3v) is 3.89. The van der Waals surface area contributed by atoms with Crippen molar-refractivity contribution in [2.45, 2.75) is 51.8 Å². The molecule has 1 fully saturated rings. The van der Waals surface area contributed by atoms with Gasteiger partial charge in [0.1, 0.15) is 5.69 Å². The second-order valence-corrected chi connectivity index (χ2v) is 5.66. The molecule has 1 saturated carbocycles. The van der Waals surface area contributed by atoms with Gasteiger partial charge in [0.15, 0.2) is 5.75 Å². The maximum absolute atomic E-state index is 6.02. The van der Waals surface area contributed by atoms with Crippen LogP contribution in [0, 0.1) is 5.92 Å². The molecule has 1 aliphatic carbocycles. The van der Waals surface area contributed by atoms with Crippen LogP contribution < -0.4 is 10.1 Å². The molecule has 1 aromatic rings. The average molecular weight is 281 g/mol. The lowest BCUT2D eigenvalue weighted by Crippen LogP contribution is -2.35. The smallest absolute Gasteiger partial charge is 0.161 e. The van der Waals surface area contributed by atoms with E-state index in [4.69, 9.17) is 9.47 Å². The summed E-state index contributed by atoms with van der Waals surface area (Å²) in [7, 11) is 3.68. The number of likely N-dealkylation sites (N-methyl/N-ethyl adjacent to an activating group) is 1. The van der Waals surface area contributed by atoms with Crippen LogP contribution in [0.2, 0.25) is 0 Å². The Morgan fingerprint density at radius 2 is 2.15 bits per heavy atom. The standard InChI is InChI=1S/C15H27N3O2/c1-6-20-15(11-7-8-11)13(16-4)14-12(19-5)9-17-18(14)10(2)3/h9-11,13,15-16H,6-8H2,1-5H3. The fourth-order valence-electron chi connectivity index (χ4n) is 2.80. The fourth-order valence-corrected chi connectivity index (χ4v) is 2.80. The first-order chi connectivity index (χ1) is 9.63. The maximum Gasteiger partial charge on any atom is 0.161 e. The van der Waals surface area contributed by atoms with Gasteiger partial charge in [0, 0.05) is 12.6 Å². The molecule has 5 heteroatoms. The van der Waals surface area contributed by atoms with Crippen molar-refractivity contribution < 1.29 is 9.47 Å². The minimum absolute atomic E-state index is 0.113. The Labute approximate surface area is 121 Å². The lowest BCUT2D eigenvalue weighted by Gasteiger charge is -2.28. The lowest BCUT2D eigenvalue weighted by molar-refractivity contribution is 0.0174. The second-order valence-electron chi connectivity index (χ2n) is 5.66. The molecule has 2 rings (SSSR count). The Hall–Kier alpha value is -1.07.